The zero-order valence-electron chi connectivity index (χ0n) is 10.3. The molecule has 0 spiro atoms. The molecule has 1 atom stereocenters. The topological polar surface area (TPSA) is 13.1 Å². The second kappa shape index (κ2) is 3.38. The average molecular weight is 214 g/mol. The van der Waals surface area contributed by atoms with Gasteiger partial charge in [0.25, 0.3) is 0 Å². The van der Waals surface area contributed by atoms with Gasteiger partial charge in [0.05, 0.1) is 6.26 Å². The normalized spacial score (nSPS) is 23.9. The number of hydrogen-bond donors (Lipinski definition) is 0. The van der Waals surface area contributed by atoms with Crippen molar-refractivity contribution in [3.8, 4) is 0 Å². The van der Waals surface area contributed by atoms with Crippen LogP contribution < -0.4 is 0 Å². The zero-order valence-corrected chi connectivity index (χ0v) is 10.3. The summed E-state index contributed by atoms with van der Waals surface area (Å²) in [6.45, 7) is 6.74. The summed E-state index contributed by atoms with van der Waals surface area (Å²) in [5, 5.41) is 0. The molecular weight excluding hydrogens is 196 g/mol. The molecule has 1 saturated carbocycles. The monoisotopic (exact) mass is 214 g/mol. The van der Waals surface area contributed by atoms with E-state index in [2.05, 4.69) is 26.8 Å². The van der Waals surface area contributed by atoms with E-state index in [0.29, 0.717) is 5.92 Å². The fraction of sp³-hybridized carbons (Fsp3) is 0.467. The Morgan fingerprint density at radius 2 is 2.12 bits per heavy atom. The summed E-state index contributed by atoms with van der Waals surface area (Å²) >= 11 is 0. The van der Waals surface area contributed by atoms with E-state index in [1.807, 2.05) is 6.26 Å². The van der Waals surface area contributed by atoms with Gasteiger partial charge in [-0.15, -0.1) is 0 Å². The molecule has 1 heteroatoms. The second-order valence-electron chi connectivity index (χ2n) is 5.23. The minimum absolute atomic E-state index is 0.713. The zero-order chi connectivity index (χ0) is 11.3. The fourth-order valence-electron chi connectivity index (χ4n) is 2.99. The van der Waals surface area contributed by atoms with Crippen molar-refractivity contribution in [1.82, 2.24) is 0 Å². The third-order valence-electron chi connectivity index (χ3n) is 4.05. The number of fused-ring (bicyclic) bond motifs is 2. The maximum absolute atomic E-state index is 5.66. The Kier molecular flexibility index (Phi) is 2.10. The van der Waals surface area contributed by atoms with E-state index in [9.17, 15) is 0 Å². The van der Waals surface area contributed by atoms with Crippen LogP contribution in [0, 0.1) is 12.8 Å². The quantitative estimate of drug-likeness (QED) is 0.628. The van der Waals surface area contributed by atoms with Crippen LogP contribution in [0.2, 0.25) is 0 Å². The predicted molar refractivity (Wildman–Crippen MR) is 66.2 cm³/mol. The van der Waals surface area contributed by atoms with Crippen LogP contribution in [-0.4, -0.2) is 0 Å². The van der Waals surface area contributed by atoms with Gasteiger partial charge in [-0.3, -0.25) is 0 Å². The standard InChI is InChI=1S/C15H18O/c1-9-4-5-12-10(2)6-15-14(7-13(9)12)11(3)8-16-15/h7-9H,4-6H2,1-3H3. The lowest BCUT2D eigenvalue weighted by Crippen LogP contribution is -1.91. The highest BCUT2D eigenvalue weighted by Gasteiger charge is 2.27. The Labute approximate surface area is 96.8 Å². The first kappa shape index (κ1) is 9.95. The van der Waals surface area contributed by atoms with E-state index in [0.717, 1.165) is 12.2 Å². The highest BCUT2D eigenvalue weighted by molar-refractivity contribution is 5.67. The summed E-state index contributed by atoms with van der Waals surface area (Å²) in [5.41, 5.74) is 7.26. The van der Waals surface area contributed by atoms with Crippen LogP contribution in [0.3, 0.4) is 0 Å². The van der Waals surface area contributed by atoms with Gasteiger partial charge in [-0.25, -0.2) is 0 Å². The van der Waals surface area contributed by atoms with Crippen LogP contribution in [0.4, 0.5) is 0 Å². The van der Waals surface area contributed by atoms with Crippen molar-refractivity contribution in [1.29, 1.82) is 0 Å². The second-order valence-corrected chi connectivity index (χ2v) is 5.23. The van der Waals surface area contributed by atoms with Gasteiger partial charge >= 0.3 is 0 Å². The molecule has 84 valence electrons. The number of aryl methyl sites for hydroxylation is 1. The first-order valence-electron chi connectivity index (χ1n) is 6.14. The first-order chi connectivity index (χ1) is 7.66. The van der Waals surface area contributed by atoms with E-state index in [-0.39, 0.29) is 0 Å². The Morgan fingerprint density at radius 1 is 1.31 bits per heavy atom. The molecule has 0 N–H and O–H groups in total. The van der Waals surface area contributed by atoms with Crippen LogP contribution in [0.15, 0.2) is 27.4 Å². The van der Waals surface area contributed by atoms with Crippen LogP contribution >= 0.6 is 0 Å². The molecule has 1 aromatic rings. The van der Waals surface area contributed by atoms with Crippen molar-refractivity contribution in [2.24, 2.45) is 5.92 Å². The molecule has 0 saturated heterocycles. The lowest BCUT2D eigenvalue weighted by Gasteiger charge is -2.06. The van der Waals surface area contributed by atoms with Crippen LogP contribution in [-0.2, 0) is 6.42 Å². The number of allylic oxidation sites excluding steroid dienone is 3. The molecule has 2 aliphatic rings. The molecule has 1 nitrogen and oxygen atoms in total. The highest BCUT2D eigenvalue weighted by atomic mass is 16.3. The Hall–Kier alpha value is -1.24. The summed E-state index contributed by atoms with van der Waals surface area (Å²) in [4.78, 5) is 0. The first-order valence-corrected chi connectivity index (χ1v) is 6.14. The van der Waals surface area contributed by atoms with Gasteiger partial charge in [-0.05, 0) is 55.4 Å². The van der Waals surface area contributed by atoms with Gasteiger partial charge in [0.2, 0.25) is 0 Å². The van der Waals surface area contributed by atoms with Crippen molar-refractivity contribution in [2.75, 3.05) is 0 Å². The molecule has 0 bridgehead atoms. The summed E-state index contributed by atoms with van der Waals surface area (Å²) in [7, 11) is 0. The van der Waals surface area contributed by atoms with Gasteiger partial charge in [0.1, 0.15) is 5.76 Å². The largest absolute Gasteiger partial charge is 0.468 e. The van der Waals surface area contributed by atoms with Crippen molar-refractivity contribution in [3.05, 3.63) is 39.9 Å². The van der Waals surface area contributed by atoms with Crippen LogP contribution in [0.25, 0.3) is 6.08 Å². The molecule has 1 aromatic heterocycles. The van der Waals surface area contributed by atoms with Crippen molar-refractivity contribution < 1.29 is 4.42 Å². The number of rotatable bonds is 0. The van der Waals surface area contributed by atoms with E-state index >= 15 is 0 Å². The van der Waals surface area contributed by atoms with E-state index in [1.165, 1.54) is 29.5 Å². The van der Waals surface area contributed by atoms with E-state index < -0.39 is 0 Å². The third-order valence-corrected chi connectivity index (χ3v) is 4.05. The highest BCUT2D eigenvalue weighted by Crippen LogP contribution is 2.42. The lowest BCUT2D eigenvalue weighted by molar-refractivity contribution is 0.517. The molecule has 1 heterocycles. The molecule has 0 aliphatic heterocycles. The SMILES string of the molecule is CC1=C2CCC(C)C2=Cc2c(C)coc2C1. The van der Waals surface area contributed by atoms with Crippen molar-refractivity contribution >= 4 is 6.08 Å². The van der Waals surface area contributed by atoms with Crippen LogP contribution in [0.1, 0.15) is 43.6 Å². The smallest absolute Gasteiger partial charge is 0.115 e. The van der Waals surface area contributed by atoms with Gasteiger partial charge in [0, 0.05) is 12.0 Å². The van der Waals surface area contributed by atoms with Gasteiger partial charge < -0.3 is 4.42 Å². The summed E-state index contributed by atoms with van der Waals surface area (Å²) < 4.78 is 5.66. The molecule has 2 aliphatic carbocycles. The minimum atomic E-state index is 0.713. The molecule has 1 unspecified atom stereocenters. The fourth-order valence-corrected chi connectivity index (χ4v) is 2.99. The number of hydrogen-bond acceptors (Lipinski definition) is 1. The van der Waals surface area contributed by atoms with Crippen LogP contribution in [0.5, 0.6) is 0 Å². The van der Waals surface area contributed by atoms with E-state index in [1.54, 1.807) is 11.1 Å². The molecule has 16 heavy (non-hydrogen) atoms. The van der Waals surface area contributed by atoms with E-state index in [4.69, 9.17) is 4.42 Å². The molecule has 3 rings (SSSR count). The molecule has 0 aromatic carbocycles. The molecular formula is C15H18O. The maximum Gasteiger partial charge on any atom is 0.115 e. The Bertz CT molecular complexity index is 500. The number of furan rings is 1. The summed E-state index contributed by atoms with van der Waals surface area (Å²) in [6.07, 6.45) is 7.81. The van der Waals surface area contributed by atoms with Gasteiger partial charge in [-0.1, -0.05) is 12.5 Å². The summed E-state index contributed by atoms with van der Waals surface area (Å²) in [5.74, 6) is 1.86. The van der Waals surface area contributed by atoms with Crippen molar-refractivity contribution in [2.45, 2.75) is 40.0 Å². The summed E-state index contributed by atoms with van der Waals surface area (Å²) in [6, 6.07) is 0. The average Bonchev–Trinajstić information content (AvgIpc) is 2.72. The van der Waals surface area contributed by atoms with Gasteiger partial charge in [0.15, 0.2) is 0 Å². The maximum atomic E-state index is 5.66. The minimum Gasteiger partial charge on any atom is -0.468 e. The Morgan fingerprint density at radius 3 is 2.94 bits per heavy atom. The van der Waals surface area contributed by atoms with Gasteiger partial charge in [-0.2, -0.15) is 0 Å². The Balaban J connectivity index is 2.21. The molecule has 1 fully saturated rings. The molecule has 0 radical (unpaired) electrons. The lowest BCUT2D eigenvalue weighted by atomic mass is 9.99. The molecule has 0 amide bonds. The third kappa shape index (κ3) is 1.31. The van der Waals surface area contributed by atoms with Crippen molar-refractivity contribution in [3.63, 3.8) is 0 Å². The predicted octanol–water partition coefficient (Wildman–Crippen LogP) is 4.27.